The third-order valence-electron chi connectivity index (χ3n) is 3.75. The highest BCUT2D eigenvalue weighted by molar-refractivity contribution is 5.32. The normalized spacial score (nSPS) is 25.7. The van der Waals surface area contributed by atoms with Gasteiger partial charge in [0.25, 0.3) is 0 Å². The van der Waals surface area contributed by atoms with E-state index >= 15 is 0 Å². The molecular weight excluding hydrogens is 208 g/mol. The predicted molar refractivity (Wildman–Crippen MR) is 69.5 cm³/mol. The van der Waals surface area contributed by atoms with E-state index in [0.717, 1.165) is 18.9 Å². The van der Waals surface area contributed by atoms with Gasteiger partial charge in [0.2, 0.25) is 0 Å². The number of hydrogen-bond acceptors (Lipinski definition) is 1. The predicted octanol–water partition coefficient (Wildman–Crippen LogP) is 3.73. The molecule has 1 aromatic carbocycles. The van der Waals surface area contributed by atoms with E-state index in [9.17, 15) is 0 Å². The van der Waals surface area contributed by atoms with Crippen LogP contribution in [-0.4, -0.2) is 6.61 Å². The molecular formula is C16H18O. The Bertz CT molecular complexity index is 456. The zero-order chi connectivity index (χ0) is 11.7. The van der Waals surface area contributed by atoms with Crippen LogP contribution in [0.15, 0.2) is 53.8 Å². The molecule has 88 valence electrons. The number of benzene rings is 1. The van der Waals surface area contributed by atoms with Crippen molar-refractivity contribution in [3.63, 3.8) is 0 Å². The minimum atomic E-state index is 0.691. The molecule has 2 aliphatic rings. The lowest BCUT2D eigenvalue weighted by atomic mass is 10.1. The minimum Gasteiger partial charge on any atom is -0.497 e. The molecule has 1 nitrogen and oxygen atoms in total. The Morgan fingerprint density at radius 3 is 2.76 bits per heavy atom. The van der Waals surface area contributed by atoms with E-state index in [2.05, 4.69) is 49.4 Å². The summed E-state index contributed by atoms with van der Waals surface area (Å²) in [5.41, 5.74) is 2.87. The zero-order valence-electron chi connectivity index (χ0n) is 10.2. The van der Waals surface area contributed by atoms with E-state index in [-0.39, 0.29) is 0 Å². The van der Waals surface area contributed by atoms with Gasteiger partial charge in [-0.15, -0.1) is 0 Å². The molecule has 0 aromatic heterocycles. The second kappa shape index (κ2) is 4.40. The summed E-state index contributed by atoms with van der Waals surface area (Å²) in [5.74, 6) is 2.68. The molecule has 1 aromatic rings. The molecule has 0 bridgehead atoms. The average Bonchev–Trinajstić information content (AvgIpc) is 3.15. The fraction of sp³-hybridized carbons (Fsp3) is 0.375. The molecule has 0 amide bonds. The molecule has 0 N–H and O–H groups in total. The van der Waals surface area contributed by atoms with Crippen LogP contribution >= 0.6 is 0 Å². The van der Waals surface area contributed by atoms with Crippen LogP contribution < -0.4 is 0 Å². The number of ether oxygens (including phenoxy) is 1. The van der Waals surface area contributed by atoms with Gasteiger partial charge in [-0.05, 0) is 30.9 Å². The van der Waals surface area contributed by atoms with E-state index in [1.54, 1.807) is 0 Å². The molecule has 0 heterocycles. The van der Waals surface area contributed by atoms with Crippen LogP contribution in [0.4, 0.5) is 0 Å². The molecule has 1 heteroatoms. The maximum Gasteiger partial charge on any atom is 0.0996 e. The Morgan fingerprint density at radius 2 is 1.94 bits per heavy atom. The van der Waals surface area contributed by atoms with Crippen molar-refractivity contribution in [1.82, 2.24) is 0 Å². The van der Waals surface area contributed by atoms with Crippen molar-refractivity contribution in [2.75, 3.05) is 6.61 Å². The Morgan fingerprint density at radius 1 is 1.12 bits per heavy atom. The third kappa shape index (κ3) is 2.28. The lowest BCUT2D eigenvalue weighted by Gasteiger charge is -2.13. The van der Waals surface area contributed by atoms with Crippen LogP contribution in [0.2, 0.25) is 0 Å². The van der Waals surface area contributed by atoms with Crippen molar-refractivity contribution >= 4 is 0 Å². The van der Waals surface area contributed by atoms with Crippen molar-refractivity contribution in [2.45, 2.75) is 19.8 Å². The van der Waals surface area contributed by atoms with Gasteiger partial charge < -0.3 is 4.74 Å². The Labute approximate surface area is 103 Å². The second-order valence-corrected chi connectivity index (χ2v) is 5.01. The van der Waals surface area contributed by atoms with Gasteiger partial charge in [-0.3, -0.25) is 0 Å². The van der Waals surface area contributed by atoms with Crippen LogP contribution in [0.5, 0.6) is 0 Å². The van der Waals surface area contributed by atoms with Crippen molar-refractivity contribution < 1.29 is 4.74 Å². The molecule has 0 aliphatic heterocycles. The Hall–Kier alpha value is -1.50. The molecule has 0 radical (unpaired) electrons. The highest BCUT2D eigenvalue weighted by Gasteiger charge is 2.43. The quantitative estimate of drug-likeness (QED) is 0.760. The summed E-state index contributed by atoms with van der Waals surface area (Å²) in [6, 6.07) is 10.5. The smallest absolute Gasteiger partial charge is 0.0996 e. The molecule has 1 fully saturated rings. The molecule has 2 atom stereocenters. The standard InChI is InChI=1S/C16H18O/c1-12-7-8-16(15-11-14(12)15)17-10-9-13-5-3-2-4-6-13/h2-8,14-15H,9-11H2,1H3. The van der Waals surface area contributed by atoms with Gasteiger partial charge in [0.05, 0.1) is 12.4 Å². The highest BCUT2D eigenvalue weighted by atomic mass is 16.5. The summed E-state index contributed by atoms with van der Waals surface area (Å²) in [6.07, 6.45) is 6.66. The zero-order valence-corrected chi connectivity index (χ0v) is 10.2. The maximum atomic E-state index is 5.91. The highest BCUT2D eigenvalue weighted by Crippen LogP contribution is 2.51. The molecule has 2 aliphatic carbocycles. The van der Waals surface area contributed by atoms with Gasteiger partial charge >= 0.3 is 0 Å². The molecule has 3 rings (SSSR count). The third-order valence-corrected chi connectivity index (χ3v) is 3.75. The van der Waals surface area contributed by atoms with E-state index in [1.165, 1.54) is 23.3 Å². The summed E-state index contributed by atoms with van der Waals surface area (Å²) in [5, 5.41) is 0. The van der Waals surface area contributed by atoms with Gasteiger partial charge in [0.1, 0.15) is 0 Å². The molecule has 17 heavy (non-hydrogen) atoms. The molecule has 0 spiro atoms. The van der Waals surface area contributed by atoms with Crippen LogP contribution in [0.1, 0.15) is 18.9 Å². The number of fused-ring (bicyclic) bond motifs is 1. The lowest BCUT2D eigenvalue weighted by molar-refractivity contribution is 0.197. The first-order valence-corrected chi connectivity index (χ1v) is 6.39. The summed E-state index contributed by atoms with van der Waals surface area (Å²) in [4.78, 5) is 0. The largest absolute Gasteiger partial charge is 0.497 e. The van der Waals surface area contributed by atoms with Gasteiger partial charge in [-0.2, -0.15) is 0 Å². The monoisotopic (exact) mass is 226 g/mol. The van der Waals surface area contributed by atoms with Crippen LogP contribution in [0.3, 0.4) is 0 Å². The number of rotatable bonds is 4. The number of allylic oxidation sites excluding steroid dienone is 4. The lowest BCUT2D eigenvalue weighted by Crippen LogP contribution is -2.03. The molecule has 0 saturated heterocycles. The molecule has 2 unspecified atom stereocenters. The van der Waals surface area contributed by atoms with Gasteiger partial charge in [-0.1, -0.05) is 42.0 Å². The first-order chi connectivity index (χ1) is 8.34. The summed E-state index contributed by atoms with van der Waals surface area (Å²) < 4.78 is 5.91. The fourth-order valence-corrected chi connectivity index (χ4v) is 2.56. The Balaban J connectivity index is 1.53. The van der Waals surface area contributed by atoms with Crippen molar-refractivity contribution in [2.24, 2.45) is 11.8 Å². The topological polar surface area (TPSA) is 9.23 Å². The second-order valence-electron chi connectivity index (χ2n) is 5.01. The van der Waals surface area contributed by atoms with Gasteiger partial charge in [-0.25, -0.2) is 0 Å². The van der Waals surface area contributed by atoms with Crippen LogP contribution in [-0.2, 0) is 11.2 Å². The molecule has 1 saturated carbocycles. The van der Waals surface area contributed by atoms with E-state index in [4.69, 9.17) is 4.74 Å². The van der Waals surface area contributed by atoms with Crippen molar-refractivity contribution in [3.05, 3.63) is 59.4 Å². The summed E-state index contributed by atoms with van der Waals surface area (Å²) in [7, 11) is 0. The average molecular weight is 226 g/mol. The number of hydrogen-bond donors (Lipinski definition) is 0. The van der Waals surface area contributed by atoms with Crippen LogP contribution in [0.25, 0.3) is 0 Å². The SMILES string of the molecule is CC1=CC=C(OCCc2ccccc2)C2CC12. The first kappa shape index (κ1) is 10.6. The van der Waals surface area contributed by atoms with Crippen LogP contribution in [0, 0.1) is 11.8 Å². The van der Waals surface area contributed by atoms with Gasteiger partial charge in [0, 0.05) is 12.3 Å². The van der Waals surface area contributed by atoms with Crippen molar-refractivity contribution in [1.29, 1.82) is 0 Å². The maximum absolute atomic E-state index is 5.91. The summed E-state index contributed by atoms with van der Waals surface area (Å²) in [6.45, 7) is 3.02. The first-order valence-electron chi connectivity index (χ1n) is 6.39. The minimum absolute atomic E-state index is 0.691. The van der Waals surface area contributed by atoms with E-state index < -0.39 is 0 Å². The summed E-state index contributed by atoms with van der Waals surface area (Å²) >= 11 is 0. The van der Waals surface area contributed by atoms with E-state index in [0.29, 0.717) is 5.92 Å². The Kier molecular flexibility index (Phi) is 2.76. The fourth-order valence-electron chi connectivity index (χ4n) is 2.56. The van der Waals surface area contributed by atoms with Crippen molar-refractivity contribution in [3.8, 4) is 0 Å². The van der Waals surface area contributed by atoms with Gasteiger partial charge in [0.15, 0.2) is 0 Å². The van der Waals surface area contributed by atoms with E-state index in [1.807, 2.05) is 0 Å².